The van der Waals surface area contributed by atoms with E-state index in [9.17, 15) is 23.1 Å². The Balaban J connectivity index is 1.39. The number of anilines is 2. The summed E-state index contributed by atoms with van der Waals surface area (Å²) in [4.78, 5) is 29.1. The number of likely N-dealkylation sites (N-methyl/N-ethyl adjacent to an activating group) is 1. The fraction of sp³-hybridized carbons (Fsp3) is 0.459. The number of rotatable bonds is 9. The van der Waals surface area contributed by atoms with Crippen LogP contribution in [0.2, 0.25) is 0 Å². The standard InChI is InChI=1S/C37H48N4O10S/c1-24-20-41(25(2)22-42)36(43)31-18-27(38-37(44)39-28-10-16-33-34(19-28)50-23-49-33)9-15-32(31)51-26(3)8-6-7-17-48-35(24)21-40(4)52(45,46)30-13-11-29(47-5)12-14-30/h9-16,18-19,24-26,35,42H,6-8,17,20-23H2,1-5H3,(H2,38,39,44)/t24-,25+,26-,35-/m0/s1. The average Bonchev–Trinajstić information content (AvgIpc) is 3.60. The summed E-state index contributed by atoms with van der Waals surface area (Å²) >= 11 is 0. The molecule has 15 heteroatoms. The zero-order valence-corrected chi connectivity index (χ0v) is 31.0. The number of aliphatic hydroxyl groups excluding tert-OH is 1. The van der Waals surface area contributed by atoms with E-state index in [1.165, 1.54) is 35.5 Å². The summed E-state index contributed by atoms with van der Waals surface area (Å²) in [6.45, 7) is 5.90. The smallest absolute Gasteiger partial charge is 0.323 e. The molecule has 52 heavy (non-hydrogen) atoms. The molecule has 0 unspecified atom stereocenters. The van der Waals surface area contributed by atoms with E-state index in [1.807, 2.05) is 13.8 Å². The fourth-order valence-corrected chi connectivity index (χ4v) is 7.19. The van der Waals surface area contributed by atoms with E-state index in [-0.39, 0.29) is 49.0 Å². The molecule has 2 heterocycles. The molecule has 2 aliphatic rings. The number of hydrogen-bond acceptors (Lipinski definition) is 10. The van der Waals surface area contributed by atoms with Gasteiger partial charge < -0.3 is 44.3 Å². The van der Waals surface area contributed by atoms with Crippen LogP contribution in [0.25, 0.3) is 0 Å². The third-order valence-corrected chi connectivity index (χ3v) is 11.0. The molecule has 4 atom stereocenters. The predicted molar refractivity (Wildman–Crippen MR) is 195 cm³/mol. The van der Waals surface area contributed by atoms with Gasteiger partial charge in [-0.15, -0.1) is 0 Å². The second kappa shape index (κ2) is 17.3. The van der Waals surface area contributed by atoms with Crippen LogP contribution in [0.15, 0.2) is 65.6 Å². The summed E-state index contributed by atoms with van der Waals surface area (Å²) in [6, 6.07) is 14.9. The van der Waals surface area contributed by atoms with Gasteiger partial charge in [-0.05, 0) is 87.7 Å². The molecular weight excluding hydrogens is 692 g/mol. The first-order chi connectivity index (χ1) is 24.9. The maximum Gasteiger partial charge on any atom is 0.323 e. The number of sulfonamides is 1. The van der Waals surface area contributed by atoms with Gasteiger partial charge in [-0.1, -0.05) is 6.92 Å². The quantitative estimate of drug-likeness (QED) is 0.266. The Morgan fingerprint density at radius 1 is 1.00 bits per heavy atom. The number of methoxy groups -OCH3 is 1. The second-order valence-electron chi connectivity index (χ2n) is 13.1. The second-order valence-corrected chi connectivity index (χ2v) is 15.2. The maximum absolute atomic E-state index is 14.4. The summed E-state index contributed by atoms with van der Waals surface area (Å²) in [6.07, 6.45) is 1.34. The molecular formula is C37H48N4O10S. The number of nitrogens with zero attached hydrogens (tertiary/aromatic N) is 2. The van der Waals surface area contributed by atoms with E-state index in [4.69, 9.17) is 23.7 Å². The van der Waals surface area contributed by atoms with Gasteiger partial charge in [-0.3, -0.25) is 4.79 Å². The van der Waals surface area contributed by atoms with Gasteiger partial charge >= 0.3 is 6.03 Å². The predicted octanol–water partition coefficient (Wildman–Crippen LogP) is 5.18. The number of urea groups is 1. The number of ether oxygens (including phenoxy) is 5. The Kier molecular flexibility index (Phi) is 12.9. The van der Waals surface area contributed by atoms with Crippen molar-refractivity contribution < 1.29 is 46.8 Å². The van der Waals surface area contributed by atoms with Crippen molar-refractivity contribution in [3.05, 3.63) is 66.2 Å². The first-order valence-electron chi connectivity index (χ1n) is 17.3. The number of nitrogens with one attached hydrogen (secondary N) is 2. The lowest BCUT2D eigenvalue weighted by Gasteiger charge is -2.35. The molecule has 0 aliphatic carbocycles. The molecule has 0 bridgehead atoms. The third kappa shape index (κ3) is 9.45. The summed E-state index contributed by atoms with van der Waals surface area (Å²) < 4.78 is 56.9. The minimum absolute atomic E-state index is 0.0354. The van der Waals surface area contributed by atoms with Gasteiger partial charge in [0.1, 0.15) is 11.5 Å². The van der Waals surface area contributed by atoms with E-state index in [0.717, 1.165) is 12.8 Å². The number of carbonyl (C=O) groups excluding carboxylic acids is 2. The van der Waals surface area contributed by atoms with Crippen molar-refractivity contribution >= 4 is 33.3 Å². The summed E-state index contributed by atoms with van der Waals surface area (Å²) in [7, 11) is -0.850. The van der Waals surface area contributed by atoms with Crippen LogP contribution in [0.1, 0.15) is 50.4 Å². The Labute approximate surface area is 305 Å². The number of hydrogen-bond donors (Lipinski definition) is 3. The number of fused-ring (bicyclic) bond motifs is 2. The highest BCUT2D eigenvalue weighted by molar-refractivity contribution is 7.89. The van der Waals surface area contributed by atoms with Crippen molar-refractivity contribution in [2.24, 2.45) is 5.92 Å². The number of carbonyl (C=O) groups is 2. The Hall–Kier alpha value is -4.57. The van der Waals surface area contributed by atoms with Gasteiger partial charge in [0.15, 0.2) is 11.5 Å². The number of aliphatic hydroxyl groups is 1. The van der Waals surface area contributed by atoms with Gasteiger partial charge in [0.25, 0.3) is 5.91 Å². The van der Waals surface area contributed by atoms with Crippen LogP contribution < -0.4 is 29.6 Å². The maximum atomic E-state index is 14.4. The van der Waals surface area contributed by atoms with Crippen LogP contribution in [0.3, 0.4) is 0 Å². The molecule has 3 aromatic rings. The Bertz CT molecular complexity index is 1810. The van der Waals surface area contributed by atoms with E-state index in [2.05, 4.69) is 10.6 Å². The molecule has 3 aromatic carbocycles. The van der Waals surface area contributed by atoms with Crippen molar-refractivity contribution in [1.82, 2.24) is 9.21 Å². The van der Waals surface area contributed by atoms with Crippen molar-refractivity contribution in [3.63, 3.8) is 0 Å². The van der Waals surface area contributed by atoms with Crippen molar-refractivity contribution in [3.8, 4) is 23.0 Å². The van der Waals surface area contributed by atoms with Gasteiger partial charge in [0, 0.05) is 50.1 Å². The molecule has 3 N–H and O–H groups in total. The lowest BCUT2D eigenvalue weighted by molar-refractivity contribution is -0.00834. The number of amides is 3. The molecule has 5 rings (SSSR count). The monoisotopic (exact) mass is 740 g/mol. The molecule has 3 amide bonds. The van der Waals surface area contributed by atoms with E-state index in [1.54, 1.807) is 55.5 Å². The largest absolute Gasteiger partial charge is 0.497 e. The topological polar surface area (TPSA) is 165 Å². The van der Waals surface area contributed by atoms with Crippen LogP contribution in [0, 0.1) is 5.92 Å². The van der Waals surface area contributed by atoms with Crippen LogP contribution in [0.5, 0.6) is 23.0 Å². The molecule has 0 spiro atoms. The van der Waals surface area contributed by atoms with Crippen LogP contribution in [0.4, 0.5) is 16.2 Å². The minimum Gasteiger partial charge on any atom is -0.497 e. The SMILES string of the molecule is COc1ccc(S(=O)(=O)N(C)C[C@@H]2OCCCC[C@H](C)Oc3ccc(NC(=O)Nc4ccc5c(c4)OCO5)cc3C(=O)N([C@H](C)CO)C[C@@H]2C)cc1. The highest BCUT2D eigenvalue weighted by Crippen LogP contribution is 2.34. The van der Waals surface area contributed by atoms with Crippen molar-refractivity contribution in [2.45, 2.75) is 63.2 Å². The van der Waals surface area contributed by atoms with Crippen LogP contribution in [-0.4, -0.2) is 100 Å². The van der Waals surface area contributed by atoms with Crippen LogP contribution >= 0.6 is 0 Å². The van der Waals surface area contributed by atoms with E-state index < -0.39 is 34.1 Å². The summed E-state index contributed by atoms with van der Waals surface area (Å²) in [5.41, 5.74) is 1.04. The highest BCUT2D eigenvalue weighted by Gasteiger charge is 2.32. The zero-order chi connectivity index (χ0) is 37.4. The number of benzene rings is 3. The molecule has 14 nitrogen and oxygen atoms in total. The van der Waals surface area contributed by atoms with E-state index >= 15 is 0 Å². The highest BCUT2D eigenvalue weighted by atomic mass is 32.2. The Morgan fingerprint density at radius 3 is 2.37 bits per heavy atom. The van der Waals surface area contributed by atoms with Gasteiger partial charge in [-0.25, -0.2) is 13.2 Å². The molecule has 0 saturated heterocycles. The molecule has 2 aliphatic heterocycles. The van der Waals surface area contributed by atoms with E-state index in [0.29, 0.717) is 47.4 Å². The van der Waals surface area contributed by atoms with Gasteiger partial charge in [0.05, 0.1) is 42.4 Å². The normalized spacial score (nSPS) is 20.3. The van der Waals surface area contributed by atoms with Gasteiger partial charge in [0.2, 0.25) is 16.8 Å². The third-order valence-electron chi connectivity index (χ3n) is 9.14. The fourth-order valence-electron chi connectivity index (χ4n) is 6.01. The zero-order valence-electron chi connectivity index (χ0n) is 30.2. The minimum atomic E-state index is -3.87. The van der Waals surface area contributed by atoms with Gasteiger partial charge in [-0.2, -0.15) is 4.31 Å². The summed E-state index contributed by atoms with van der Waals surface area (Å²) in [5, 5.41) is 15.8. The lowest BCUT2D eigenvalue weighted by Crippen LogP contribution is -2.48. The molecule has 0 aromatic heterocycles. The van der Waals surface area contributed by atoms with Crippen molar-refractivity contribution in [1.29, 1.82) is 0 Å². The molecule has 0 saturated carbocycles. The molecule has 0 fully saturated rings. The molecule has 282 valence electrons. The summed E-state index contributed by atoms with van der Waals surface area (Å²) in [5.74, 6) is 1.21. The Morgan fingerprint density at radius 2 is 1.67 bits per heavy atom. The molecule has 0 radical (unpaired) electrons. The average molecular weight is 741 g/mol. The first kappa shape index (κ1) is 38.7. The first-order valence-corrected chi connectivity index (χ1v) is 18.8. The van der Waals surface area contributed by atoms with Crippen LogP contribution in [-0.2, 0) is 14.8 Å². The van der Waals surface area contributed by atoms with Crippen molar-refractivity contribution in [2.75, 3.05) is 57.9 Å². The lowest BCUT2D eigenvalue weighted by atomic mass is 10.0.